The predicted molar refractivity (Wildman–Crippen MR) is 83.8 cm³/mol. The second-order valence-corrected chi connectivity index (χ2v) is 5.92. The quantitative estimate of drug-likeness (QED) is 0.730. The van der Waals surface area contributed by atoms with Gasteiger partial charge in [0, 0.05) is 19.0 Å². The van der Waals surface area contributed by atoms with Crippen molar-refractivity contribution in [2.75, 3.05) is 20.1 Å². The van der Waals surface area contributed by atoms with Gasteiger partial charge in [-0.25, -0.2) is 0 Å². The molecule has 0 aromatic carbocycles. The zero-order valence-electron chi connectivity index (χ0n) is 12.8. The summed E-state index contributed by atoms with van der Waals surface area (Å²) in [6.07, 6.45) is 7.80. The molecule has 1 rings (SSSR count). The molecule has 1 aliphatic rings. The number of piperidine rings is 1. The lowest BCUT2D eigenvalue weighted by Crippen LogP contribution is -2.43. The highest BCUT2D eigenvalue weighted by Crippen LogP contribution is 2.23. The summed E-state index contributed by atoms with van der Waals surface area (Å²) in [6.45, 7) is 6.46. The van der Waals surface area contributed by atoms with E-state index in [0.717, 1.165) is 25.4 Å². The number of nitrogens with zero attached hydrogens (tertiary/aromatic N) is 1. The molecule has 1 saturated heterocycles. The molecule has 1 fully saturated rings. The summed E-state index contributed by atoms with van der Waals surface area (Å²) in [4.78, 5) is 14.4. The van der Waals surface area contributed by atoms with Crippen LogP contribution < -0.4 is 5.32 Å². The second kappa shape index (κ2) is 10.5. The minimum absolute atomic E-state index is 0. The summed E-state index contributed by atoms with van der Waals surface area (Å²) in [6, 6.07) is 0.517. The molecule has 0 bridgehead atoms. The maximum atomic E-state index is 12.2. The maximum absolute atomic E-state index is 12.2. The molecule has 0 saturated carbocycles. The fraction of sp³-hybridized carbons (Fsp3) is 0.933. The van der Waals surface area contributed by atoms with Crippen LogP contribution in [0.4, 0.5) is 0 Å². The van der Waals surface area contributed by atoms with Gasteiger partial charge in [0.15, 0.2) is 0 Å². The molecule has 0 radical (unpaired) electrons. The number of hydrogen-bond donors (Lipinski definition) is 1. The van der Waals surface area contributed by atoms with Gasteiger partial charge in [0.2, 0.25) is 5.91 Å². The molecule has 1 aliphatic heterocycles. The van der Waals surface area contributed by atoms with Gasteiger partial charge in [0.1, 0.15) is 0 Å². The van der Waals surface area contributed by atoms with Gasteiger partial charge in [0.25, 0.3) is 0 Å². The van der Waals surface area contributed by atoms with E-state index in [2.05, 4.69) is 24.1 Å². The van der Waals surface area contributed by atoms with Gasteiger partial charge in [-0.3, -0.25) is 4.79 Å². The normalized spacial score (nSPS) is 19.4. The van der Waals surface area contributed by atoms with Crippen LogP contribution in [0.2, 0.25) is 0 Å². The van der Waals surface area contributed by atoms with E-state index < -0.39 is 0 Å². The monoisotopic (exact) mass is 290 g/mol. The minimum Gasteiger partial charge on any atom is -0.340 e. The van der Waals surface area contributed by atoms with Gasteiger partial charge in [0.05, 0.1) is 0 Å². The van der Waals surface area contributed by atoms with E-state index in [1.54, 1.807) is 0 Å². The zero-order valence-corrected chi connectivity index (χ0v) is 13.6. The molecule has 0 aliphatic carbocycles. The predicted octanol–water partition coefficient (Wildman–Crippen LogP) is 3.23. The molecule has 19 heavy (non-hydrogen) atoms. The molecule has 114 valence electrons. The van der Waals surface area contributed by atoms with Gasteiger partial charge in [-0.05, 0) is 58.0 Å². The van der Waals surface area contributed by atoms with Gasteiger partial charge < -0.3 is 10.2 Å². The maximum Gasteiger partial charge on any atom is 0.222 e. The second-order valence-electron chi connectivity index (χ2n) is 5.92. The number of halogens is 1. The highest BCUT2D eigenvalue weighted by atomic mass is 35.5. The van der Waals surface area contributed by atoms with E-state index in [1.807, 2.05) is 7.05 Å². The molecular weight excluding hydrogens is 260 g/mol. The average Bonchev–Trinajstić information content (AvgIpc) is 2.37. The van der Waals surface area contributed by atoms with Gasteiger partial charge in [-0.2, -0.15) is 0 Å². The number of carbonyl (C=O) groups is 1. The number of amides is 1. The number of nitrogens with one attached hydrogen (secondary N) is 1. The lowest BCUT2D eigenvalue weighted by molar-refractivity contribution is -0.135. The number of hydrogen-bond acceptors (Lipinski definition) is 2. The highest BCUT2D eigenvalue weighted by Gasteiger charge is 2.25. The van der Waals surface area contributed by atoms with E-state index in [0.29, 0.717) is 18.4 Å². The first-order valence-electron chi connectivity index (χ1n) is 7.59. The van der Waals surface area contributed by atoms with E-state index in [1.165, 1.54) is 32.1 Å². The molecule has 1 atom stereocenters. The Labute approximate surface area is 124 Å². The van der Waals surface area contributed by atoms with Crippen molar-refractivity contribution in [3.8, 4) is 0 Å². The molecule has 1 amide bonds. The molecule has 3 nitrogen and oxygen atoms in total. The highest BCUT2D eigenvalue weighted by molar-refractivity contribution is 5.85. The molecule has 0 aromatic heterocycles. The largest absolute Gasteiger partial charge is 0.340 e. The number of carbonyl (C=O) groups excluding carboxylic acids is 1. The summed E-state index contributed by atoms with van der Waals surface area (Å²) in [5.41, 5.74) is 0. The van der Waals surface area contributed by atoms with Crippen LogP contribution in [-0.2, 0) is 4.79 Å². The van der Waals surface area contributed by atoms with Crippen LogP contribution in [0.25, 0.3) is 0 Å². The van der Waals surface area contributed by atoms with Crippen molar-refractivity contribution >= 4 is 18.3 Å². The SMILES string of the molecule is CNCCCC(=O)N1CCCCC1CCC(C)C.Cl. The first-order valence-corrected chi connectivity index (χ1v) is 7.59. The third-order valence-corrected chi connectivity index (χ3v) is 3.84. The molecule has 1 heterocycles. The number of likely N-dealkylation sites (tertiary alicyclic amines) is 1. The topological polar surface area (TPSA) is 32.3 Å². The summed E-state index contributed by atoms with van der Waals surface area (Å²) < 4.78 is 0. The van der Waals surface area contributed by atoms with Crippen molar-refractivity contribution in [3.05, 3.63) is 0 Å². The van der Waals surface area contributed by atoms with Crippen molar-refractivity contribution in [3.63, 3.8) is 0 Å². The fourth-order valence-corrected chi connectivity index (χ4v) is 2.71. The van der Waals surface area contributed by atoms with Gasteiger partial charge in [-0.15, -0.1) is 12.4 Å². The van der Waals surface area contributed by atoms with Crippen molar-refractivity contribution in [2.45, 2.75) is 64.8 Å². The van der Waals surface area contributed by atoms with E-state index >= 15 is 0 Å². The van der Waals surface area contributed by atoms with Gasteiger partial charge in [-0.1, -0.05) is 13.8 Å². The molecule has 0 spiro atoms. The lowest BCUT2D eigenvalue weighted by atomic mass is 9.94. The molecule has 4 heteroatoms. The molecule has 1 N–H and O–H groups in total. The van der Waals surface area contributed by atoms with Crippen LogP contribution in [-0.4, -0.2) is 37.0 Å². The van der Waals surface area contributed by atoms with Crippen molar-refractivity contribution in [1.29, 1.82) is 0 Å². The minimum atomic E-state index is 0. The Morgan fingerprint density at radius 3 is 2.74 bits per heavy atom. The van der Waals surface area contributed by atoms with Crippen LogP contribution in [0.3, 0.4) is 0 Å². The summed E-state index contributed by atoms with van der Waals surface area (Å²) in [5, 5.41) is 3.11. The molecular formula is C15H31ClN2O. The molecule has 0 aromatic rings. The third-order valence-electron chi connectivity index (χ3n) is 3.84. The van der Waals surface area contributed by atoms with Gasteiger partial charge >= 0.3 is 0 Å². The standard InChI is InChI=1S/C15H30N2O.ClH/c1-13(2)9-10-14-7-4-5-12-17(14)15(18)8-6-11-16-3;/h13-14,16H,4-12H2,1-3H3;1H. The van der Waals surface area contributed by atoms with E-state index in [4.69, 9.17) is 0 Å². The van der Waals surface area contributed by atoms with Crippen molar-refractivity contribution in [1.82, 2.24) is 10.2 Å². The Morgan fingerprint density at radius 2 is 2.11 bits per heavy atom. The first-order chi connectivity index (χ1) is 8.65. The van der Waals surface area contributed by atoms with Crippen LogP contribution in [0.15, 0.2) is 0 Å². The Hall–Kier alpha value is -0.280. The Kier molecular flexibility index (Phi) is 10.3. The van der Waals surface area contributed by atoms with Crippen LogP contribution in [0, 0.1) is 5.92 Å². The van der Waals surface area contributed by atoms with Crippen LogP contribution in [0.5, 0.6) is 0 Å². The van der Waals surface area contributed by atoms with Crippen molar-refractivity contribution in [2.24, 2.45) is 5.92 Å². The lowest BCUT2D eigenvalue weighted by Gasteiger charge is -2.36. The third kappa shape index (κ3) is 7.17. The summed E-state index contributed by atoms with van der Waals surface area (Å²) in [7, 11) is 1.94. The van der Waals surface area contributed by atoms with Crippen LogP contribution >= 0.6 is 12.4 Å². The number of rotatable bonds is 7. The van der Waals surface area contributed by atoms with E-state index in [-0.39, 0.29) is 12.4 Å². The van der Waals surface area contributed by atoms with E-state index in [9.17, 15) is 4.79 Å². The first kappa shape index (κ1) is 18.7. The zero-order chi connectivity index (χ0) is 13.4. The average molecular weight is 291 g/mol. The Balaban J connectivity index is 0.00000324. The summed E-state index contributed by atoms with van der Waals surface area (Å²) in [5.74, 6) is 1.12. The Morgan fingerprint density at radius 1 is 1.37 bits per heavy atom. The van der Waals surface area contributed by atoms with Crippen LogP contribution in [0.1, 0.15) is 58.8 Å². The Bertz CT molecular complexity index is 246. The molecule has 1 unspecified atom stereocenters. The van der Waals surface area contributed by atoms with Crippen molar-refractivity contribution < 1.29 is 4.79 Å². The summed E-state index contributed by atoms with van der Waals surface area (Å²) >= 11 is 0. The fourth-order valence-electron chi connectivity index (χ4n) is 2.71. The smallest absolute Gasteiger partial charge is 0.222 e.